The van der Waals surface area contributed by atoms with E-state index in [2.05, 4.69) is 4.99 Å². The predicted octanol–water partition coefficient (Wildman–Crippen LogP) is 1.26. The first kappa shape index (κ1) is 11.1. The van der Waals surface area contributed by atoms with Gasteiger partial charge in [0.05, 0.1) is 7.11 Å². The van der Waals surface area contributed by atoms with E-state index in [1.165, 1.54) is 5.56 Å². The van der Waals surface area contributed by atoms with Crippen LogP contribution >= 0.6 is 0 Å². The van der Waals surface area contributed by atoms with E-state index in [0.29, 0.717) is 5.84 Å². The molecule has 0 aromatic heterocycles. The molecule has 1 aliphatic carbocycles. The number of amides is 2. The normalized spacial score (nSPS) is 25.6. The first-order valence-electron chi connectivity index (χ1n) is 5.89. The monoisotopic (exact) mass is 245 g/mol. The van der Waals surface area contributed by atoms with E-state index in [-0.39, 0.29) is 6.03 Å². The van der Waals surface area contributed by atoms with Crippen LogP contribution in [0, 0.1) is 0 Å². The zero-order valence-corrected chi connectivity index (χ0v) is 10.4. The Morgan fingerprint density at radius 1 is 1.50 bits per heavy atom. The minimum atomic E-state index is -0.568. The van der Waals surface area contributed by atoms with E-state index in [4.69, 9.17) is 10.5 Å². The zero-order chi connectivity index (χ0) is 12.9. The van der Waals surface area contributed by atoms with Crippen LogP contribution in [0.4, 0.5) is 4.79 Å². The Labute approximate surface area is 105 Å². The van der Waals surface area contributed by atoms with Crippen molar-refractivity contribution < 1.29 is 9.53 Å². The average Bonchev–Trinajstić information content (AvgIpc) is 2.85. The molecule has 1 heterocycles. The standard InChI is InChI=1S/C13H15N3O2/c1-16-12(17)15-11(14)13(16)6-5-8-3-4-9(18-2)7-10(8)13/h3-4,7H,5-6H2,1-2H3,(H2,14,15,17). The number of methoxy groups -OCH3 is 1. The number of ether oxygens (including phenoxy) is 1. The summed E-state index contributed by atoms with van der Waals surface area (Å²) in [5, 5.41) is 0. The number of carbonyl (C=O) groups excluding carboxylic acids is 1. The number of nitrogens with zero attached hydrogens (tertiary/aromatic N) is 2. The second kappa shape index (κ2) is 3.48. The summed E-state index contributed by atoms with van der Waals surface area (Å²) in [5.74, 6) is 1.16. The lowest BCUT2D eigenvalue weighted by atomic mass is 9.90. The maximum Gasteiger partial charge on any atom is 0.346 e. The third kappa shape index (κ3) is 1.16. The Bertz CT molecular complexity index is 567. The summed E-state index contributed by atoms with van der Waals surface area (Å²) in [5.41, 5.74) is 7.68. The molecule has 1 unspecified atom stereocenters. The largest absolute Gasteiger partial charge is 0.497 e. The van der Waals surface area contributed by atoms with Crippen LogP contribution in [0.3, 0.4) is 0 Å². The summed E-state index contributed by atoms with van der Waals surface area (Å²) in [7, 11) is 3.38. The Morgan fingerprint density at radius 3 is 2.89 bits per heavy atom. The van der Waals surface area contributed by atoms with Gasteiger partial charge >= 0.3 is 6.03 Å². The minimum Gasteiger partial charge on any atom is -0.497 e. The topological polar surface area (TPSA) is 67.9 Å². The Balaban J connectivity index is 2.19. The molecule has 0 saturated heterocycles. The summed E-state index contributed by atoms with van der Waals surface area (Å²) in [6.45, 7) is 0. The van der Waals surface area contributed by atoms with Gasteiger partial charge in [-0.05, 0) is 36.1 Å². The van der Waals surface area contributed by atoms with Crippen LogP contribution in [0.5, 0.6) is 5.75 Å². The summed E-state index contributed by atoms with van der Waals surface area (Å²) < 4.78 is 5.26. The molecule has 3 rings (SSSR count). The van der Waals surface area contributed by atoms with Crippen LogP contribution in [-0.4, -0.2) is 30.9 Å². The molecule has 1 atom stereocenters. The van der Waals surface area contributed by atoms with E-state index in [9.17, 15) is 4.79 Å². The van der Waals surface area contributed by atoms with E-state index in [1.54, 1.807) is 19.1 Å². The summed E-state index contributed by atoms with van der Waals surface area (Å²) in [6.07, 6.45) is 1.68. The van der Waals surface area contributed by atoms with Crippen molar-refractivity contribution in [3.05, 3.63) is 29.3 Å². The second-order valence-corrected chi connectivity index (χ2v) is 4.72. The number of amidine groups is 1. The molecule has 5 nitrogen and oxygen atoms in total. The lowest BCUT2D eigenvalue weighted by Crippen LogP contribution is -2.48. The molecule has 0 fully saturated rings. The van der Waals surface area contributed by atoms with Crippen molar-refractivity contribution in [3.8, 4) is 5.75 Å². The van der Waals surface area contributed by atoms with Gasteiger partial charge in [0.25, 0.3) is 0 Å². The molecule has 0 bridgehead atoms. The van der Waals surface area contributed by atoms with Crippen LogP contribution < -0.4 is 10.5 Å². The SMILES string of the molecule is COc1ccc2c(c1)C1(CC2)C(N)=NC(=O)N1C. The third-order valence-corrected chi connectivity index (χ3v) is 4.02. The van der Waals surface area contributed by atoms with E-state index >= 15 is 0 Å². The molecule has 2 aliphatic rings. The summed E-state index contributed by atoms with van der Waals surface area (Å²) in [4.78, 5) is 17.3. The van der Waals surface area contributed by atoms with Gasteiger partial charge in [-0.3, -0.25) is 0 Å². The van der Waals surface area contributed by atoms with Crippen molar-refractivity contribution in [2.45, 2.75) is 18.4 Å². The molecule has 1 aromatic rings. The molecule has 1 aliphatic heterocycles. The molecule has 94 valence electrons. The number of urea groups is 1. The van der Waals surface area contributed by atoms with Gasteiger partial charge in [-0.2, -0.15) is 4.99 Å². The van der Waals surface area contributed by atoms with E-state index in [1.807, 2.05) is 18.2 Å². The van der Waals surface area contributed by atoms with Crippen LogP contribution in [0.25, 0.3) is 0 Å². The van der Waals surface area contributed by atoms with Crippen molar-refractivity contribution >= 4 is 11.9 Å². The maximum atomic E-state index is 11.7. The maximum absolute atomic E-state index is 11.7. The van der Waals surface area contributed by atoms with Gasteiger partial charge in [0.15, 0.2) is 0 Å². The number of aryl methyl sites for hydroxylation is 1. The van der Waals surface area contributed by atoms with Gasteiger partial charge in [0.1, 0.15) is 17.1 Å². The molecule has 1 aromatic carbocycles. The fourth-order valence-electron chi connectivity index (χ4n) is 2.96. The molecule has 2 N–H and O–H groups in total. The van der Waals surface area contributed by atoms with Crippen LogP contribution in [0.15, 0.2) is 23.2 Å². The van der Waals surface area contributed by atoms with Crippen molar-refractivity contribution in [2.75, 3.05) is 14.2 Å². The molecular formula is C13H15N3O2. The Hall–Kier alpha value is -2.04. The van der Waals surface area contributed by atoms with Crippen molar-refractivity contribution in [2.24, 2.45) is 10.7 Å². The summed E-state index contributed by atoms with van der Waals surface area (Å²) in [6, 6.07) is 5.65. The van der Waals surface area contributed by atoms with Crippen molar-refractivity contribution in [3.63, 3.8) is 0 Å². The first-order valence-corrected chi connectivity index (χ1v) is 5.89. The second-order valence-electron chi connectivity index (χ2n) is 4.72. The van der Waals surface area contributed by atoms with Gasteiger partial charge in [0.2, 0.25) is 0 Å². The first-order chi connectivity index (χ1) is 8.59. The number of rotatable bonds is 1. The summed E-state index contributed by atoms with van der Waals surface area (Å²) >= 11 is 0. The van der Waals surface area contributed by atoms with Gasteiger partial charge in [-0.15, -0.1) is 0 Å². The molecule has 0 radical (unpaired) electrons. The van der Waals surface area contributed by atoms with Gasteiger partial charge in [0, 0.05) is 7.05 Å². The third-order valence-electron chi connectivity index (χ3n) is 4.02. The highest BCUT2D eigenvalue weighted by Gasteiger charge is 2.51. The van der Waals surface area contributed by atoms with Crippen LogP contribution in [0.2, 0.25) is 0 Å². The van der Waals surface area contributed by atoms with Crippen LogP contribution in [-0.2, 0) is 12.0 Å². The quantitative estimate of drug-likeness (QED) is 0.809. The van der Waals surface area contributed by atoms with Gasteiger partial charge < -0.3 is 15.4 Å². The zero-order valence-electron chi connectivity index (χ0n) is 10.4. The van der Waals surface area contributed by atoms with E-state index < -0.39 is 5.54 Å². The van der Waals surface area contributed by atoms with Crippen molar-refractivity contribution in [1.29, 1.82) is 0 Å². The highest BCUT2D eigenvalue weighted by Crippen LogP contribution is 2.45. The predicted molar refractivity (Wildman–Crippen MR) is 67.8 cm³/mol. The fourth-order valence-corrected chi connectivity index (χ4v) is 2.96. The Kier molecular flexibility index (Phi) is 2.14. The molecule has 0 saturated carbocycles. The fraction of sp³-hybridized carbons (Fsp3) is 0.385. The minimum absolute atomic E-state index is 0.275. The molecule has 5 heteroatoms. The van der Waals surface area contributed by atoms with Gasteiger partial charge in [-0.1, -0.05) is 6.07 Å². The lowest BCUT2D eigenvalue weighted by Gasteiger charge is -2.32. The molecule has 2 amide bonds. The molecular weight excluding hydrogens is 230 g/mol. The number of benzene rings is 1. The van der Waals surface area contributed by atoms with Crippen molar-refractivity contribution in [1.82, 2.24) is 4.90 Å². The number of likely N-dealkylation sites (N-methyl/N-ethyl adjacent to an activating group) is 1. The molecule has 18 heavy (non-hydrogen) atoms. The number of hydrogen-bond acceptors (Lipinski definition) is 3. The highest BCUT2D eigenvalue weighted by atomic mass is 16.5. The van der Waals surface area contributed by atoms with E-state index in [0.717, 1.165) is 24.2 Å². The Morgan fingerprint density at radius 2 is 2.28 bits per heavy atom. The molecule has 1 spiro atoms. The smallest absolute Gasteiger partial charge is 0.346 e. The van der Waals surface area contributed by atoms with Gasteiger partial charge in [-0.25, -0.2) is 4.79 Å². The number of carbonyl (C=O) groups is 1. The number of nitrogens with two attached hydrogens (primary N) is 1. The number of aliphatic imine (C=N–C) groups is 1. The number of fused-ring (bicyclic) bond motifs is 2. The highest BCUT2D eigenvalue weighted by molar-refractivity contribution is 6.06. The number of hydrogen-bond donors (Lipinski definition) is 1. The van der Waals surface area contributed by atoms with Crippen LogP contribution in [0.1, 0.15) is 17.5 Å². The lowest BCUT2D eigenvalue weighted by molar-refractivity contribution is 0.190. The average molecular weight is 245 g/mol.